The number of halogens is 2. The minimum atomic E-state index is -0.985. The van der Waals surface area contributed by atoms with Crippen LogP contribution in [0.15, 0.2) is 10.5 Å². The van der Waals surface area contributed by atoms with E-state index in [9.17, 15) is 9.18 Å². The zero-order chi connectivity index (χ0) is 9.59. The number of hydrogen-bond acceptors (Lipinski definition) is 3. The Kier molecular flexibility index (Phi) is 2.13. The van der Waals surface area contributed by atoms with E-state index in [0.29, 0.717) is 13.9 Å². The fourth-order valence-corrected chi connectivity index (χ4v) is 3.94. The summed E-state index contributed by atoms with van der Waals surface area (Å²) in [6.07, 6.45) is 0. The molecule has 2 aromatic rings. The second-order valence-electron chi connectivity index (χ2n) is 2.29. The Labute approximate surface area is 88.7 Å². The SMILES string of the molecule is O=C(O)c1sc2cc(F)sc2c1Br. The summed E-state index contributed by atoms with van der Waals surface area (Å²) >= 11 is 5.17. The van der Waals surface area contributed by atoms with Gasteiger partial charge in [0.1, 0.15) is 4.88 Å². The fraction of sp³-hybridized carbons (Fsp3) is 0. The maximum absolute atomic E-state index is 12.7. The van der Waals surface area contributed by atoms with Gasteiger partial charge in [-0.05, 0) is 15.9 Å². The largest absolute Gasteiger partial charge is 0.477 e. The Balaban J connectivity index is 2.76. The smallest absolute Gasteiger partial charge is 0.347 e. The highest BCUT2D eigenvalue weighted by Gasteiger charge is 2.17. The van der Waals surface area contributed by atoms with E-state index in [1.54, 1.807) is 0 Å². The van der Waals surface area contributed by atoms with Crippen molar-refractivity contribution in [3.63, 3.8) is 0 Å². The molecule has 13 heavy (non-hydrogen) atoms. The molecule has 0 unspecified atom stereocenters. The molecule has 0 aliphatic carbocycles. The number of fused-ring (bicyclic) bond motifs is 1. The number of hydrogen-bond donors (Lipinski definition) is 1. The topological polar surface area (TPSA) is 37.3 Å². The molecule has 0 aromatic carbocycles. The summed E-state index contributed by atoms with van der Waals surface area (Å²) in [4.78, 5) is 10.9. The van der Waals surface area contributed by atoms with Crippen LogP contribution in [-0.4, -0.2) is 11.1 Å². The first kappa shape index (κ1) is 9.11. The summed E-state index contributed by atoms with van der Waals surface area (Å²) in [7, 11) is 0. The number of carbonyl (C=O) groups is 1. The minimum Gasteiger partial charge on any atom is -0.477 e. The highest BCUT2D eigenvalue weighted by atomic mass is 79.9. The van der Waals surface area contributed by atoms with Crippen LogP contribution in [-0.2, 0) is 0 Å². The van der Waals surface area contributed by atoms with Gasteiger partial charge in [-0.2, -0.15) is 4.39 Å². The van der Waals surface area contributed by atoms with Gasteiger partial charge in [0.05, 0.1) is 13.9 Å². The Morgan fingerprint density at radius 1 is 1.54 bits per heavy atom. The highest BCUT2D eigenvalue weighted by Crippen LogP contribution is 2.40. The number of carboxylic acids is 1. The summed E-state index contributed by atoms with van der Waals surface area (Å²) in [6.45, 7) is 0. The molecule has 2 aromatic heterocycles. The second kappa shape index (κ2) is 3.04. The van der Waals surface area contributed by atoms with Crippen molar-refractivity contribution in [1.29, 1.82) is 0 Å². The van der Waals surface area contributed by atoms with Crippen LogP contribution in [0.3, 0.4) is 0 Å². The quantitative estimate of drug-likeness (QED) is 0.867. The maximum Gasteiger partial charge on any atom is 0.347 e. The molecule has 0 bridgehead atoms. The third kappa shape index (κ3) is 1.38. The monoisotopic (exact) mass is 280 g/mol. The van der Waals surface area contributed by atoms with Crippen molar-refractivity contribution in [2.45, 2.75) is 0 Å². The van der Waals surface area contributed by atoms with E-state index in [1.807, 2.05) is 0 Å². The van der Waals surface area contributed by atoms with E-state index >= 15 is 0 Å². The first-order valence-corrected chi connectivity index (χ1v) is 5.63. The molecule has 0 saturated heterocycles. The fourth-order valence-electron chi connectivity index (χ4n) is 0.970. The van der Waals surface area contributed by atoms with Crippen molar-refractivity contribution < 1.29 is 14.3 Å². The predicted molar refractivity (Wildman–Crippen MR) is 54.3 cm³/mol. The normalized spacial score (nSPS) is 10.9. The van der Waals surface area contributed by atoms with E-state index in [4.69, 9.17) is 5.11 Å². The maximum atomic E-state index is 12.7. The predicted octanol–water partition coefficient (Wildman–Crippen LogP) is 3.56. The summed E-state index contributed by atoms with van der Waals surface area (Å²) in [5.74, 6) is -0.985. The van der Waals surface area contributed by atoms with Gasteiger partial charge in [0.25, 0.3) is 0 Å². The average molecular weight is 281 g/mol. The Morgan fingerprint density at radius 2 is 2.23 bits per heavy atom. The van der Waals surface area contributed by atoms with Crippen molar-refractivity contribution in [2.24, 2.45) is 0 Å². The minimum absolute atomic E-state index is 0.223. The van der Waals surface area contributed by atoms with E-state index in [2.05, 4.69) is 15.9 Å². The standard InChI is InChI=1S/C7H2BrFO2S2/c8-4-5-2(1-3(9)13-5)12-6(4)7(10)11/h1H,(H,10,11). The molecule has 0 amide bonds. The molecular formula is C7H2BrFO2S2. The van der Waals surface area contributed by atoms with E-state index in [-0.39, 0.29) is 10.0 Å². The lowest BCUT2D eigenvalue weighted by molar-refractivity contribution is 0.0701. The molecule has 68 valence electrons. The van der Waals surface area contributed by atoms with Crippen molar-refractivity contribution in [1.82, 2.24) is 0 Å². The van der Waals surface area contributed by atoms with Gasteiger partial charge in [0, 0.05) is 6.07 Å². The van der Waals surface area contributed by atoms with Crippen molar-refractivity contribution >= 4 is 54.0 Å². The molecular weight excluding hydrogens is 279 g/mol. The molecule has 0 atom stereocenters. The van der Waals surface area contributed by atoms with Crippen molar-refractivity contribution in [2.75, 3.05) is 0 Å². The molecule has 0 saturated carbocycles. The van der Waals surface area contributed by atoms with Crippen LogP contribution < -0.4 is 0 Å². The van der Waals surface area contributed by atoms with Gasteiger partial charge < -0.3 is 5.11 Å². The number of thiophene rings is 2. The lowest BCUT2D eigenvalue weighted by Crippen LogP contribution is -1.91. The Hall–Kier alpha value is -0.460. The van der Waals surface area contributed by atoms with Gasteiger partial charge in [-0.1, -0.05) is 0 Å². The van der Waals surface area contributed by atoms with Gasteiger partial charge in [-0.15, -0.1) is 22.7 Å². The van der Waals surface area contributed by atoms with Gasteiger partial charge in [0.2, 0.25) is 0 Å². The van der Waals surface area contributed by atoms with Crippen LogP contribution in [0.25, 0.3) is 9.40 Å². The number of rotatable bonds is 1. The summed E-state index contributed by atoms with van der Waals surface area (Å²) < 4.78 is 14.5. The second-order valence-corrected chi connectivity index (χ2v) is 5.14. The molecule has 6 heteroatoms. The summed E-state index contributed by atoms with van der Waals surface area (Å²) in [5, 5.41) is 8.45. The third-order valence-corrected chi connectivity index (χ3v) is 4.99. The first-order chi connectivity index (χ1) is 6.09. The van der Waals surface area contributed by atoms with Crippen LogP contribution >= 0.6 is 38.6 Å². The third-order valence-electron chi connectivity index (χ3n) is 1.47. The number of carboxylic acid groups (broad SMARTS) is 1. The van der Waals surface area contributed by atoms with Crippen LogP contribution in [0.2, 0.25) is 0 Å². The van der Waals surface area contributed by atoms with Gasteiger partial charge in [-0.25, -0.2) is 4.79 Å². The van der Waals surface area contributed by atoms with Gasteiger partial charge >= 0.3 is 5.97 Å². The molecule has 0 aliphatic rings. The first-order valence-electron chi connectivity index (χ1n) is 3.20. The number of aromatic carboxylic acids is 1. The molecule has 2 nitrogen and oxygen atoms in total. The zero-order valence-electron chi connectivity index (χ0n) is 6.01. The van der Waals surface area contributed by atoms with E-state index in [0.717, 1.165) is 22.7 Å². The molecule has 0 spiro atoms. The van der Waals surface area contributed by atoms with E-state index < -0.39 is 5.97 Å². The van der Waals surface area contributed by atoms with E-state index in [1.165, 1.54) is 6.07 Å². The van der Waals surface area contributed by atoms with Crippen LogP contribution in [0.1, 0.15) is 9.67 Å². The molecule has 0 radical (unpaired) electrons. The average Bonchev–Trinajstić information content (AvgIpc) is 2.51. The summed E-state index contributed by atoms with van der Waals surface area (Å²) in [6, 6.07) is 1.35. The van der Waals surface area contributed by atoms with Crippen molar-refractivity contribution in [3.8, 4) is 0 Å². The lowest BCUT2D eigenvalue weighted by atomic mass is 10.4. The van der Waals surface area contributed by atoms with Crippen LogP contribution in [0, 0.1) is 5.13 Å². The zero-order valence-corrected chi connectivity index (χ0v) is 9.22. The lowest BCUT2D eigenvalue weighted by Gasteiger charge is -1.86. The molecule has 2 rings (SSSR count). The Morgan fingerprint density at radius 3 is 2.77 bits per heavy atom. The van der Waals surface area contributed by atoms with Gasteiger partial charge in [0.15, 0.2) is 5.13 Å². The Bertz CT molecular complexity index is 488. The molecule has 0 fully saturated rings. The summed E-state index contributed by atoms with van der Waals surface area (Å²) in [5.41, 5.74) is 0. The molecule has 1 N–H and O–H groups in total. The van der Waals surface area contributed by atoms with Gasteiger partial charge in [-0.3, -0.25) is 0 Å². The molecule has 0 aliphatic heterocycles. The van der Waals surface area contributed by atoms with Crippen LogP contribution in [0.4, 0.5) is 4.39 Å². The van der Waals surface area contributed by atoms with Crippen LogP contribution in [0.5, 0.6) is 0 Å². The molecule has 2 heterocycles. The highest BCUT2D eigenvalue weighted by molar-refractivity contribution is 9.10. The van der Waals surface area contributed by atoms with Crippen molar-refractivity contribution in [3.05, 3.63) is 20.5 Å².